The number of rotatable bonds is 9. The van der Waals surface area contributed by atoms with Crippen molar-refractivity contribution in [3.8, 4) is 17.2 Å². The number of hydrogen-bond acceptors (Lipinski definition) is 6. The number of fused-ring (bicyclic) bond motifs is 2. The van der Waals surface area contributed by atoms with Crippen molar-refractivity contribution in [1.82, 2.24) is 10.2 Å². The predicted molar refractivity (Wildman–Crippen MR) is 152 cm³/mol. The zero-order chi connectivity index (χ0) is 26.7. The molecule has 2 aliphatic rings. The minimum absolute atomic E-state index is 0.0524. The molecule has 1 saturated heterocycles. The van der Waals surface area contributed by atoms with Gasteiger partial charge >= 0.3 is 0 Å². The third-order valence-electron chi connectivity index (χ3n) is 8.49. The number of carbonyl (C=O) groups is 1. The molecule has 0 spiro atoms. The molecule has 3 aromatic carbocycles. The number of nitrogens with zero attached hydrogens (tertiary/aromatic N) is 1. The van der Waals surface area contributed by atoms with Crippen molar-refractivity contribution in [3.05, 3.63) is 65.2 Å². The highest BCUT2D eigenvalue weighted by Crippen LogP contribution is 2.47. The zero-order valence-electron chi connectivity index (χ0n) is 23.1. The van der Waals surface area contributed by atoms with E-state index in [2.05, 4.69) is 53.5 Å². The highest BCUT2D eigenvalue weighted by molar-refractivity contribution is 5.94. The van der Waals surface area contributed by atoms with E-state index in [-0.39, 0.29) is 11.7 Å². The second-order valence-electron chi connectivity index (χ2n) is 10.5. The summed E-state index contributed by atoms with van der Waals surface area (Å²) in [5, 5.41) is 6.06. The smallest absolute Gasteiger partial charge is 0.171 e. The Morgan fingerprint density at radius 2 is 1.63 bits per heavy atom. The normalized spacial score (nSPS) is 20.5. The molecule has 202 valence electrons. The minimum atomic E-state index is -0.862. The number of piperidine rings is 1. The van der Waals surface area contributed by atoms with Crippen LogP contribution in [0.25, 0.3) is 10.8 Å². The Bertz CT molecular complexity index is 1300. The van der Waals surface area contributed by atoms with Crippen molar-refractivity contribution in [3.63, 3.8) is 0 Å². The summed E-state index contributed by atoms with van der Waals surface area (Å²) in [5.74, 6) is 2.39. The Morgan fingerprint density at radius 1 is 0.921 bits per heavy atom. The van der Waals surface area contributed by atoms with Gasteiger partial charge in [0.25, 0.3) is 0 Å². The molecule has 1 N–H and O–H groups in total. The fraction of sp³-hybridized carbons (Fsp3) is 0.469. The van der Waals surface area contributed by atoms with Gasteiger partial charge in [-0.3, -0.25) is 9.69 Å². The summed E-state index contributed by atoms with van der Waals surface area (Å²) in [6.45, 7) is 5.33. The molecule has 1 fully saturated rings. The number of carbonyl (C=O) groups excluding carboxylic acids is 1. The summed E-state index contributed by atoms with van der Waals surface area (Å²) in [6, 6.07) is 16.8. The van der Waals surface area contributed by atoms with Crippen LogP contribution in [0, 0.1) is 0 Å². The molecule has 0 aliphatic carbocycles. The molecule has 5 rings (SSSR count). The molecule has 3 aromatic rings. The predicted octanol–water partition coefficient (Wildman–Crippen LogP) is 5.46. The molecule has 0 saturated carbocycles. The molecule has 0 aromatic heterocycles. The van der Waals surface area contributed by atoms with E-state index in [1.807, 2.05) is 12.1 Å². The molecule has 6 nitrogen and oxygen atoms in total. The maximum Gasteiger partial charge on any atom is 0.171 e. The maximum atomic E-state index is 14.6. The van der Waals surface area contributed by atoms with E-state index in [0.29, 0.717) is 18.0 Å². The van der Waals surface area contributed by atoms with Crippen LogP contribution < -0.4 is 19.5 Å². The Balaban J connectivity index is 1.66. The van der Waals surface area contributed by atoms with E-state index in [9.17, 15) is 4.79 Å². The molecule has 2 unspecified atom stereocenters. The lowest BCUT2D eigenvalue weighted by atomic mass is 9.67. The number of likely N-dealkylation sites (tertiary alicyclic amines) is 1. The van der Waals surface area contributed by atoms with Crippen LogP contribution in [0.15, 0.2) is 48.5 Å². The van der Waals surface area contributed by atoms with Crippen molar-refractivity contribution in [2.45, 2.75) is 50.5 Å². The molecule has 0 radical (unpaired) electrons. The Morgan fingerprint density at radius 3 is 2.34 bits per heavy atom. The number of hydrogen-bond donors (Lipinski definition) is 1. The van der Waals surface area contributed by atoms with Crippen LogP contribution in [0.5, 0.6) is 17.2 Å². The average Bonchev–Trinajstić information content (AvgIpc) is 2.96. The number of Topliss-reactive ketones (excluding diaryl/α,β-unsaturated/α-hetero) is 1. The van der Waals surface area contributed by atoms with Gasteiger partial charge in [0.15, 0.2) is 17.3 Å². The van der Waals surface area contributed by atoms with E-state index in [4.69, 9.17) is 14.2 Å². The lowest BCUT2D eigenvalue weighted by molar-refractivity contribution is -0.128. The van der Waals surface area contributed by atoms with Gasteiger partial charge in [0.2, 0.25) is 0 Å². The average molecular weight is 517 g/mol. The highest BCUT2D eigenvalue weighted by Gasteiger charge is 2.49. The fourth-order valence-corrected chi connectivity index (χ4v) is 6.56. The number of ether oxygens (including phenoxy) is 3. The summed E-state index contributed by atoms with van der Waals surface area (Å²) in [4.78, 5) is 17.0. The number of nitrogens with one attached hydrogen (secondary N) is 1. The quantitative estimate of drug-likeness (QED) is 0.408. The second kappa shape index (κ2) is 11.3. The van der Waals surface area contributed by atoms with Crippen molar-refractivity contribution in [2.75, 3.05) is 47.5 Å². The second-order valence-corrected chi connectivity index (χ2v) is 10.5. The first kappa shape index (κ1) is 26.5. The Hall–Kier alpha value is -3.09. The van der Waals surface area contributed by atoms with Gasteiger partial charge in [-0.15, -0.1) is 0 Å². The lowest BCUT2D eigenvalue weighted by Crippen LogP contribution is -2.59. The molecule has 2 heterocycles. The molecule has 6 heteroatoms. The fourth-order valence-electron chi connectivity index (χ4n) is 6.56. The van der Waals surface area contributed by atoms with Gasteiger partial charge in [-0.2, -0.15) is 0 Å². The van der Waals surface area contributed by atoms with Gasteiger partial charge in [-0.25, -0.2) is 0 Å². The van der Waals surface area contributed by atoms with Crippen LogP contribution in [0.4, 0.5) is 0 Å². The van der Waals surface area contributed by atoms with Gasteiger partial charge in [-0.05, 0) is 90.5 Å². The molecule has 0 amide bonds. The van der Waals surface area contributed by atoms with Gasteiger partial charge in [-0.1, -0.05) is 37.6 Å². The number of methoxy groups -OCH3 is 3. The maximum absolute atomic E-state index is 14.6. The van der Waals surface area contributed by atoms with Crippen LogP contribution in [0.2, 0.25) is 0 Å². The molecule has 2 atom stereocenters. The third kappa shape index (κ3) is 4.76. The zero-order valence-corrected chi connectivity index (χ0v) is 23.1. The van der Waals surface area contributed by atoms with Crippen LogP contribution in [-0.4, -0.2) is 58.2 Å². The van der Waals surface area contributed by atoms with Crippen LogP contribution in [0.3, 0.4) is 0 Å². The lowest BCUT2D eigenvalue weighted by Gasteiger charge is -2.46. The SMILES string of the molecule is CCC(c1ccc2cc(OC)ccc2c1)C1(C(=O)CN2CCCCC2)NCCc2cc(OC)c(OC)cc21. The summed E-state index contributed by atoms with van der Waals surface area (Å²) in [6.07, 6.45) is 5.20. The van der Waals surface area contributed by atoms with Gasteiger partial charge < -0.3 is 19.5 Å². The van der Waals surface area contributed by atoms with Gasteiger partial charge in [0, 0.05) is 12.5 Å². The Labute approximate surface area is 226 Å². The third-order valence-corrected chi connectivity index (χ3v) is 8.49. The monoisotopic (exact) mass is 516 g/mol. The number of benzene rings is 3. The topological polar surface area (TPSA) is 60.0 Å². The van der Waals surface area contributed by atoms with Crippen molar-refractivity contribution < 1.29 is 19.0 Å². The largest absolute Gasteiger partial charge is 0.497 e. The number of ketones is 1. The van der Waals surface area contributed by atoms with E-state index in [0.717, 1.165) is 78.5 Å². The minimum Gasteiger partial charge on any atom is -0.497 e. The molecular weight excluding hydrogens is 476 g/mol. The standard InChI is InChI=1S/C32H40N2O4/c1-5-27(24-10-9-23-18-26(36-2)12-11-22(23)17-24)32(31(35)21-34-15-7-6-8-16-34)28-20-30(38-4)29(37-3)19-25(28)13-14-33-32/h9-12,17-20,27,33H,5-8,13-16,21H2,1-4H3. The van der Waals surface area contributed by atoms with Crippen LogP contribution in [0.1, 0.15) is 55.2 Å². The molecule has 0 bridgehead atoms. The van der Waals surface area contributed by atoms with E-state index in [1.54, 1.807) is 21.3 Å². The molecule has 38 heavy (non-hydrogen) atoms. The van der Waals surface area contributed by atoms with Gasteiger partial charge in [0.05, 0.1) is 27.9 Å². The summed E-state index contributed by atoms with van der Waals surface area (Å²) in [7, 11) is 5.02. The first-order chi connectivity index (χ1) is 18.5. The van der Waals surface area contributed by atoms with Crippen LogP contribution in [-0.2, 0) is 16.8 Å². The van der Waals surface area contributed by atoms with Crippen molar-refractivity contribution in [1.29, 1.82) is 0 Å². The van der Waals surface area contributed by atoms with E-state index >= 15 is 0 Å². The molecule has 2 aliphatic heterocycles. The van der Waals surface area contributed by atoms with Crippen LogP contribution >= 0.6 is 0 Å². The summed E-state index contributed by atoms with van der Waals surface area (Å²) < 4.78 is 16.8. The first-order valence-corrected chi connectivity index (χ1v) is 13.9. The van der Waals surface area contributed by atoms with E-state index < -0.39 is 5.54 Å². The first-order valence-electron chi connectivity index (χ1n) is 13.9. The summed E-state index contributed by atoms with van der Waals surface area (Å²) in [5.41, 5.74) is 2.47. The summed E-state index contributed by atoms with van der Waals surface area (Å²) >= 11 is 0. The van der Waals surface area contributed by atoms with Crippen molar-refractivity contribution in [2.24, 2.45) is 0 Å². The highest BCUT2D eigenvalue weighted by atomic mass is 16.5. The van der Waals surface area contributed by atoms with Crippen molar-refractivity contribution >= 4 is 16.6 Å². The molecular formula is C32H40N2O4. The van der Waals surface area contributed by atoms with E-state index in [1.165, 1.54) is 6.42 Å². The van der Waals surface area contributed by atoms with Gasteiger partial charge in [0.1, 0.15) is 11.3 Å². The Kier molecular flexibility index (Phi) is 7.91.